The highest BCUT2D eigenvalue weighted by atomic mass is 16.1. The average Bonchev–Trinajstić information content (AvgIpc) is 3.04. The number of hydrogen-bond acceptors (Lipinski definition) is 4. The number of piperazine rings is 1. The lowest BCUT2D eigenvalue weighted by atomic mass is 10.1. The fourth-order valence-electron chi connectivity index (χ4n) is 5.02. The molecule has 0 spiro atoms. The Labute approximate surface area is 196 Å². The predicted molar refractivity (Wildman–Crippen MR) is 132 cm³/mol. The zero-order valence-electron chi connectivity index (χ0n) is 19.5. The van der Waals surface area contributed by atoms with E-state index in [-0.39, 0.29) is 5.91 Å². The van der Waals surface area contributed by atoms with E-state index in [9.17, 15) is 4.79 Å². The van der Waals surface area contributed by atoms with Gasteiger partial charge in [-0.1, -0.05) is 42.8 Å². The molecular formula is C27H33N5O. The molecule has 2 heterocycles. The number of para-hydroxylation sites is 2. The van der Waals surface area contributed by atoms with Gasteiger partial charge in [-0.05, 0) is 56.5 Å². The quantitative estimate of drug-likeness (QED) is 0.609. The first-order valence-electron chi connectivity index (χ1n) is 12.2. The maximum absolute atomic E-state index is 13.4. The second-order valence-electron chi connectivity index (χ2n) is 9.18. The Morgan fingerprint density at radius 2 is 1.64 bits per heavy atom. The number of fused-ring (bicyclic) bond motifs is 1. The van der Waals surface area contributed by atoms with Crippen molar-refractivity contribution in [2.75, 3.05) is 38.1 Å². The molecular weight excluding hydrogens is 410 g/mol. The molecule has 1 N–H and O–H groups in total. The van der Waals surface area contributed by atoms with Crippen LogP contribution >= 0.6 is 0 Å². The third-order valence-electron chi connectivity index (χ3n) is 6.92. The number of carbonyl (C=O) groups is 1. The minimum absolute atomic E-state index is 0.0731. The van der Waals surface area contributed by atoms with Crippen molar-refractivity contribution in [1.29, 1.82) is 0 Å². The van der Waals surface area contributed by atoms with E-state index >= 15 is 0 Å². The fraction of sp³-hybridized carbons (Fsp3) is 0.407. The average molecular weight is 444 g/mol. The number of likely N-dealkylation sites (N-methyl/N-ethyl adjacent to an activating group) is 1. The third-order valence-corrected chi connectivity index (χ3v) is 6.92. The molecule has 6 heteroatoms. The Hall–Kier alpha value is -3.12. The van der Waals surface area contributed by atoms with Gasteiger partial charge in [0.15, 0.2) is 5.69 Å². The van der Waals surface area contributed by atoms with Crippen LogP contribution in [0.25, 0.3) is 5.69 Å². The zero-order chi connectivity index (χ0) is 22.6. The predicted octanol–water partition coefficient (Wildman–Crippen LogP) is 3.82. The van der Waals surface area contributed by atoms with Crippen molar-refractivity contribution in [2.24, 2.45) is 0 Å². The number of amides is 1. The van der Waals surface area contributed by atoms with Crippen LogP contribution in [-0.4, -0.2) is 53.8 Å². The van der Waals surface area contributed by atoms with Gasteiger partial charge in [-0.15, -0.1) is 0 Å². The van der Waals surface area contributed by atoms with E-state index in [0.717, 1.165) is 68.7 Å². The van der Waals surface area contributed by atoms with Crippen LogP contribution in [0, 0.1) is 0 Å². The van der Waals surface area contributed by atoms with Gasteiger partial charge in [-0.25, -0.2) is 4.68 Å². The van der Waals surface area contributed by atoms with Crippen molar-refractivity contribution in [3.05, 3.63) is 77.1 Å². The van der Waals surface area contributed by atoms with Gasteiger partial charge in [0.05, 0.1) is 5.69 Å². The molecule has 2 aliphatic rings. The smallest absolute Gasteiger partial charge is 0.272 e. The summed E-state index contributed by atoms with van der Waals surface area (Å²) >= 11 is 0. The lowest BCUT2D eigenvalue weighted by molar-refractivity contribution is 0.0944. The summed E-state index contributed by atoms with van der Waals surface area (Å²) in [6, 6.07) is 18.6. The maximum atomic E-state index is 13.4. The second-order valence-corrected chi connectivity index (χ2v) is 9.18. The number of benzene rings is 2. The molecule has 0 atom stereocenters. The van der Waals surface area contributed by atoms with E-state index in [1.54, 1.807) is 0 Å². The molecule has 1 fully saturated rings. The number of nitrogens with zero attached hydrogens (tertiary/aromatic N) is 4. The number of aromatic nitrogens is 2. The molecule has 6 nitrogen and oxygen atoms in total. The first-order valence-corrected chi connectivity index (χ1v) is 12.2. The number of rotatable bonds is 5. The van der Waals surface area contributed by atoms with Gasteiger partial charge in [-0.2, -0.15) is 5.10 Å². The summed E-state index contributed by atoms with van der Waals surface area (Å²) in [5.74, 6) is -0.0731. The molecule has 5 rings (SSSR count). The first kappa shape index (κ1) is 21.7. The molecule has 172 valence electrons. The van der Waals surface area contributed by atoms with E-state index < -0.39 is 0 Å². The van der Waals surface area contributed by atoms with Crippen molar-refractivity contribution < 1.29 is 4.79 Å². The lowest BCUT2D eigenvalue weighted by Gasteiger charge is -2.35. The topological polar surface area (TPSA) is 53.4 Å². The van der Waals surface area contributed by atoms with E-state index in [1.807, 2.05) is 22.9 Å². The number of anilines is 1. The molecule has 0 unspecified atom stereocenters. The van der Waals surface area contributed by atoms with Crippen LogP contribution in [0.1, 0.15) is 46.6 Å². The SMILES string of the molecule is CN1CCN(c2ccccc2CNC(=O)c2nn(-c3ccccc3)c3c2CCCCC3)CC1. The largest absolute Gasteiger partial charge is 0.369 e. The van der Waals surface area contributed by atoms with Crippen molar-refractivity contribution >= 4 is 11.6 Å². The van der Waals surface area contributed by atoms with Gasteiger partial charge in [0.2, 0.25) is 0 Å². The summed E-state index contributed by atoms with van der Waals surface area (Å²) in [5.41, 5.74) is 6.31. The first-order chi connectivity index (χ1) is 16.2. The van der Waals surface area contributed by atoms with Crippen LogP contribution in [0.3, 0.4) is 0 Å². The standard InChI is InChI=1S/C27H33N5O/c1-30-16-18-31(19-17-30)24-14-9-8-10-21(24)20-28-27(33)26-23-13-6-3-7-15-25(23)32(29-26)22-11-4-2-5-12-22/h2,4-5,8-12,14H,3,6-7,13,15-20H2,1H3,(H,28,33). The van der Waals surface area contributed by atoms with Crippen molar-refractivity contribution in [2.45, 2.75) is 38.6 Å². The van der Waals surface area contributed by atoms with Crippen LogP contribution in [0.15, 0.2) is 54.6 Å². The Morgan fingerprint density at radius 1 is 0.909 bits per heavy atom. The lowest BCUT2D eigenvalue weighted by Crippen LogP contribution is -2.45. The Morgan fingerprint density at radius 3 is 2.45 bits per heavy atom. The Bertz CT molecular complexity index is 1100. The van der Waals surface area contributed by atoms with Crippen LogP contribution in [-0.2, 0) is 19.4 Å². The van der Waals surface area contributed by atoms with Gasteiger partial charge < -0.3 is 15.1 Å². The highest BCUT2D eigenvalue weighted by Gasteiger charge is 2.25. The van der Waals surface area contributed by atoms with Gasteiger partial charge in [0.25, 0.3) is 5.91 Å². The van der Waals surface area contributed by atoms with E-state index in [1.165, 1.54) is 17.8 Å². The third kappa shape index (κ3) is 4.67. The van der Waals surface area contributed by atoms with Crippen molar-refractivity contribution in [1.82, 2.24) is 20.0 Å². The summed E-state index contributed by atoms with van der Waals surface area (Å²) in [7, 11) is 2.17. The van der Waals surface area contributed by atoms with Gasteiger partial charge in [0, 0.05) is 49.7 Å². The highest BCUT2D eigenvalue weighted by molar-refractivity contribution is 5.94. The monoisotopic (exact) mass is 443 g/mol. The van der Waals surface area contributed by atoms with E-state index in [4.69, 9.17) is 5.10 Å². The number of nitrogens with one attached hydrogen (secondary N) is 1. The van der Waals surface area contributed by atoms with E-state index in [0.29, 0.717) is 12.2 Å². The normalized spacial score (nSPS) is 16.8. The molecule has 33 heavy (non-hydrogen) atoms. The molecule has 2 aromatic carbocycles. The molecule has 0 saturated carbocycles. The summed E-state index contributed by atoms with van der Waals surface area (Å²) in [5, 5.41) is 8.01. The number of hydrogen-bond donors (Lipinski definition) is 1. The Kier molecular flexibility index (Phi) is 6.44. The second kappa shape index (κ2) is 9.79. The van der Waals surface area contributed by atoms with Crippen molar-refractivity contribution in [3.8, 4) is 5.69 Å². The molecule has 1 aromatic heterocycles. The minimum Gasteiger partial charge on any atom is -0.369 e. The van der Waals surface area contributed by atoms with Gasteiger partial charge in [0.1, 0.15) is 0 Å². The molecule has 1 aliphatic heterocycles. The highest BCUT2D eigenvalue weighted by Crippen LogP contribution is 2.27. The van der Waals surface area contributed by atoms with E-state index in [2.05, 4.69) is 58.6 Å². The molecule has 3 aromatic rings. The molecule has 1 amide bonds. The van der Waals surface area contributed by atoms with Crippen LogP contribution in [0.2, 0.25) is 0 Å². The molecule has 0 radical (unpaired) electrons. The van der Waals surface area contributed by atoms with Crippen LogP contribution in [0.5, 0.6) is 0 Å². The maximum Gasteiger partial charge on any atom is 0.272 e. The Balaban J connectivity index is 1.38. The molecule has 0 bridgehead atoms. The summed E-state index contributed by atoms with van der Waals surface area (Å²) in [6.45, 7) is 4.65. The molecule has 1 saturated heterocycles. The minimum atomic E-state index is -0.0731. The van der Waals surface area contributed by atoms with Crippen LogP contribution in [0.4, 0.5) is 5.69 Å². The zero-order valence-corrected chi connectivity index (χ0v) is 19.5. The summed E-state index contributed by atoms with van der Waals surface area (Å²) in [6.07, 6.45) is 5.34. The summed E-state index contributed by atoms with van der Waals surface area (Å²) in [4.78, 5) is 18.2. The van der Waals surface area contributed by atoms with Crippen molar-refractivity contribution in [3.63, 3.8) is 0 Å². The van der Waals surface area contributed by atoms with Gasteiger partial charge >= 0.3 is 0 Å². The van der Waals surface area contributed by atoms with Crippen LogP contribution < -0.4 is 10.2 Å². The number of carbonyl (C=O) groups excluding carboxylic acids is 1. The fourth-order valence-corrected chi connectivity index (χ4v) is 5.02. The molecule has 1 aliphatic carbocycles. The summed E-state index contributed by atoms with van der Waals surface area (Å²) < 4.78 is 1.99. The van der Waals surface area contributed by atoms with Gasteiger partial charge in [-0.3, -0.25) is 4.79 Å².